The van der Waals surface area contributed by atoms with Gasteiger partial charge in [0.05, 0.1) is 11.2 Å². The molecule has 1 unspecified atom stereocenters. The Bertz CT molecular complexity index is 365. The molecule has 16 heavy (non-hydrogen) atoms. The number of carboxylic acid groups (broad SMARTS) is 1. The van der Waals surface area contributed by atoms with E-state index in [2.05, 4.69) is 10.3 Å². The van der Waals surface area contributed by atoms with Gasteiger partial charge in [0.1, 0.15) is 5.54 Å². The molecule has 0 bridgehead atoms. The number of hydrogen-bond donors (Lipinski definition) is 2. The minimum atomic E-state index is -0.842. The highest BCUT2D eigenvalue weighted by Gasteiger charge is 2.31. The Labute approximate surface area is 99.7 Å². The Morgan fingerprint density at radius 2 is 2.38 bits per heavy atom. The van der Waals surface area contributed by atoms with E-state index in [4.69, 9.17) is 0 Å². The van der Waals surface area contributed by atoms with Crippen molar-refractivity contribution in [3.05, 3.63) is 16.1 Å². The first-order chi connectivity index (χ1) is 7.49. The van der Waals surface area contributed by atoms with Crippen LogP contribution in [0.4, 0.5) is 0 Å². The molecule has 0 aliphatic carbocycles. The van der Waals surface area contributed by atoms with Crippen LogP contribution in [0.15, 0.2) is 5.51 Å². The summed E-state index contributed by atoms with van der Waals surface area (Å²) in [5.41, 5.74) is 1.91. The van der Waals surface area contributed by atoms with Gasteiger partial charge in [-0.2, -0.15) is 0 Å². The van der Waals surface area contributed by atoms with Gasteiger partial charge >= 0.3 is 5.97 Å². The number of nitrogens with zero attached hydrogens (tertiary/aromatic N) is 1. The molecule has 0 fully saturated rings. The number of carboxylic acids is 1. The Balaban J connectivity index is 2.64. The Morgan fingerprint density at radius 3 is 2.81 bits per heavy atom. The van der Waals surface area contributed by atoms with E-state index in [1.807, 2.05) is 13.8 Å². The molecule has 1 rings (SSSR count). The number of aryl methyl sites for hydroxylation is 1. The maximum Gasteiger partial charge on any atom is 0.323 e. The standard InChI is InChI=1S/C11H18N2O2S/c1-4-5-11(3,10(14)15)13-6-9-8(2)12-7-16-9/h7,13H,4-6H2,1-3H3,(H,14,15). The summed E-state index contributed by atoms with van der Waals surface area (Å²) in [6.07, 6.45) is 1.47. The Kier molecular flexibility index (Phi) is 4.44. The second kappa shape index (κ2) is 5.41. The molecule has 4 nitrogen and oxygen atoms in total. The van der Waals surface area contributed by atoms with Crippen molar-refractivity contribution in [1.29, 1.82) is 0 Å². The van der Waals surface area contributed by atoms with E-state index in [0.717, 1.165) is 17.0 Å². The molecule has 0 spiro atoms. The van der Waals surface area contributed by atoms with Crippen molar-refractivity contribution >= 4 is 17.3 Å². The molecular weight excluding hydrogens is 224 g/mol. The summed E-state index contributed by atoms with van der Waals surface area (Å²) in [6.45, 7) is 6.22. The number of thiazole rings is 1. The molecule has 0 saturated heterocycles. The molecule has 0 amide bonds. The molecule has 1 heterocycles. The van der Waals surface area contributed by atoms with Gasteiger partial charge in [-0.3, -0.25) is 10.1 Å². The van der Waals surface area contributed by atoms with Crippen molar-refractivity contribution in [2.24, 2.45) is 0 Å². The number of rotatable bonds is 6. The summed E-state index contributed by atoms with van der Waals surface area (Å²) in [4.78, 5) is 16.4. The van der Waals surface area contributed by atoms with Crippen molar-refractivity contribution in [2.75, 3.05) is 0 Å². The van der Waals surface area contributed by atoms with Crippen LogP contribution in [0.1, 0.15) is 37.3 Å². The molecule has 1 aromatic heterocycles. The predicted molar refractivity (Wildman–Crippen MR) is 64.6 cm³/mol. The van der Waals surface area contributed by atoms with Crippen molar-refractivity contribution in [1.82, 2.24) is 10.3 Å². The topological polar surface area (TPSA) is 62.2 Å². The zero-order valence-electron chi connectivity index (χ0n) is 9.91. The average Bonchev–Trinajstić information content (AvgIpc) is 2.61. The monoisotopic (exact) mass is 242 g/mol. The summed E-state index contributed by atoms with van der Waals surface area (Å²) in [5.74, 6) is -0.795. The summed E-state index contributed by atoms with van der Waals surface area (Å²) in [5, 5.41) is 12.3. The smallest absolute Gasteiger partial charge is 0.323 e. The van der Waals surface area contributed by atoms with Gasteiger partial charge in [-0.25, -0.2) is 4.98 Å². The van der Waals surface area contributed by atoms with E-state index in [9.17, 15) is 9.90 Å². The molecule has 0 aliphatic rings. The highest BCUT2D eigenvalue weighted by Crippen LogP contribution is 2.17. The third-order valence-corrected chi connectivity index (χ3v) is 3.64. The molecule has 0 aliphatic heterocycles. The minimum absolute atomic E-state index is 0.569. The second-order valence-electron chi connectivity index (χ2n) is 4.10. The van der Waals surface area contributed by atoms with Crippen LogP contribution >= 0.6 is 11.3 Å². The van der Waals surface area contributed by atoms with E-state index in [1.54, 1.807) is 23.8 Å². The van der Waals surface area contributed by atoms with Crippen molar-refractivity contribution in [2.45, 2.75) is 45.7 Å². The van der Waals surface area contributed by atoms with Crippen LogP contribution in [-0.2, 0) is 11.3 Å². The number of nitrogens with one attached hydrogen (secondary N) is 1. The van der Waals surface area contributed by atoms with Gasteiger partial charge in [0.15, 0.2) is 0 Å². The van der Waals surface area contributed by atoms with Crippen LogP contribution in [0.5, 0.6) is 0 Å². The molecule has 0 radical (unpaired) electrons. The molecule has 90 valence electrons. The van der Waals surface area contributed by atoms with E-state index in [-0.39, 0.29) is 0 Å². The molecule has 2 N–H and O–H groups in total. The average molecular weight is 242 g/mol. The molecule has 0 saturated carbocycles. The maximum absolute atomic E-state index is 11.2. The number of hydrogen-bond acceptors (Lipinski definition) is 4. The fourth-order valence-electron chi connectivity index (χ4n) is 1.54. The molecule has 1 aromatic rings. The van der Waals surface area contributed by atoms with Gasteiger partial charge in [0, 0.05) is 11.4 Å². The van der Waals surface area contributed by atoms with Crippen LogP contribution in [0.2, 0.25) is 0 Å². The third kappa shape index (κ3) is 3.02. The van der Waals surface area contributed by atoms with Gasteiger partial charge in [-0.15, -0.1) is 11.3 Å². The lowest BCUT2D eigenvalue weighted by Crippen LogP contribution is -2.48. The van der Waals surface area contributed by atoms with Gasteiger partial charge in [-0.1, -0.05) is 13.3 Å². The van der Waals surface area contributed by atoms with Crippen LogP contribution in [0, 0.1) is 6.92 Å². The highest BCUT2D eigenvalue weighted by atomic mass is 32.1. The normalized spacial score (nSPS) is 14.7. The fourth-order valence-corrected chi connectivity index (χ4v) is 2.26. The number of carbonyl (C=O) groups is 1. The van der Waals surface area contributed by atoms with Crippen molar-refractivity contribution in [3.8, 4) is 0 Å². The van der Waals surface area contributed by atoms with Crippen LogP contribution in [0.25, 0.3) is 0 Å². The van der Waals surface area contributed by atoms with Gasteiger partial charge in [0.25, 0.3) is 0 Å². The summed E-state index contributed by atoms with van der Waals surface area (Å²) in [7, 11) is 0. The SMILES string of the molecule is CCCC(C)(NCc1scnc1C)C(=O)O. The first-order valence-electron chi connectivity index (χ1n) is 5.37. The molecule has 5 heteroatoms. The lowest BCUT2D eigenvalue weighted by atomic mass is 9.96. The summed E-state index contributed by atoms with van der Waals surface area (Å²) < 4.78 is 0. The summed E-state index contributed by atoms with van der Waals surface area (Å²) >= 11 is 1.55. The van der Waals surface area contributed by atoms with Crippen LogP contribution in [0.3, 0.4) is 0 Å². The van der Waals surface area contributed by atoms with Crippen LogP contribution < -0.4 is 5.32 Å². The maximum atomic E-state index is 11.2. The zero-order valence-corrected chi connectivity index (χ0v) is 10.7. The van der Waals surface area contributed by atoms with E-state index < -0.39 is 11.5 Å². The lowest BCUT2D eigenvalue weighted by molar-refractivity contribution is -0.144. The molecule has 0 aromatic carbocycles. The van der Waals surface area contributed by atoms with E-state index in [1.165, 1.54) is 0 Å². The first kappa shape index (κ1) is 13.1. The summed E-state index contributed by atoms with van der Waals surface area (Å²) in [6, 6.07) is 0. The Hall–Kier alpha value is -0.940. The third-order valence-electron chi connectivity index (χ3n) is 2.71. The number of aromatic nitrogens is 1. The first-order valence-corrected chi connectivity index (χ1v) is 6.25. The van der Waals surface area contributed by atoms with E-state index in [0.29, 0.717) is 13.0 Å². The van der Waals surface area contributed by atoms with Crippen molar-refractivity contribution < 1.29 is 9.90 Å². The number of aliphatic carboxylic acids is 1. The van der Waals surface area contributed by atoms with Gasteiger partial charge in [0.2, 0.25) is 0 Å². The fraction of sp³-hybridized carbons (Fsp3) is 0.636. The van der Waals surface area contributed by atoms with Crippen LogP contribution in [-0.4, -0.2) is 21.6 Å². The minimum Gasteiger partial charge on any atom is -0.480 e. The zero-order chi connectivity index (χ0) is 12.2. The Morgan fingerprint density at radius 1 is 1.69 bits per heavy atom. The van der Waals surface area contributed by atoms with Gasteiger partial charge in [-0.05, 0) is 20.3 Å². The largest absolute Gasteiger partial charge is 0.480 e. The van der Waals surface area contributed by atoms with Crippen molar-refractivity contribution in [3.63, 3.8) is 0 Å². The second-order valence-corrected chi connectivity index (χ2v) is 5.04. The highest BCUT2D eigenvalue weighted by molar-refractivity contribution is 7.09. The van der Waals surface area contributed by atoms with E-state index >= 15 is 0 Å². The lowest BCUT2D eigenvalue weighted by Gasteiger charge is -2.25. The molecule has 1 atom stereocenters. The quantitative estimate of drug-likeness (QED) is 0.802. The predicted octanol–water partition coefficient (Wildman–Crippen LogP) is 2.18. The molecular formula is C11H18N2O2S. The van der Waals surface area contributed by atoms with Gasteiger partial charge < -0.3 is 5.11 Å².